The molecule has 4 rings (SSSR count). The van der Waals surface area contributed by atoms with Crippen molar-refractivity contribution < 1.29 is 4.79 Å². The Labute approximate surface area is 167 Å². The van der Waals surface area contributed by atoms with Gasteiger partial charge < -0.3 is 10.2 Å². The lowest BCUT2D eigenvalue weighted by molar-refractivity contribution is 0.0931. The molecule has 1 amide bonds. The second kappa shape index (κ2) is 7.98. The van der Waals surface area contributed by atoms with E-state index in [2.05, 4.69) is 26.3 Å². The van der Waals surface area contributed by atoms with Crippen LogP contribution in [0.5, 0.6) is 0 Å². The van der Waals surface area contributed by atoms with Gasteiger partial charge in [0, 0.05) is 41.3 Å². The lowest BCUT2D eigenvalue weighted by Gasteiger charge is -2.32. The van der Waals surface area contributed by atoms with Gasteiger partial charge in [-0.1, -0.05) is 18.2 Å². The third kappa shape index (κ3) is 4.14. The maximum absolute atomic E-state index is 12.6. The Kier molecular flexibility index (Phi) is 5.25. The van der Waals surface area contributed by atoms with E-state index in [4.69, 9.17) is 0 Å². The summed E-state index contributed by atoms with van der Waals surface area (Å²) in [5.41, 5.74) is 2.37. The zero-order chi connectivity index (χ0) is 19.5. The molecular weight excluding hydrogens is 372 g/mol. The molecule has 7 heteroatoms. The van der Waals surface area contributed by atoms with E-state index in [0.29, 0.717) is 17.2 Å². The molecule has 0 bridgehead atoms. The predicted octanol–water partition coefficient (Wildman–Crippen LogP) is 3.21. The van der Waals surface area contributed by atoms with Gasteiger partial charge in [-0.15, -0.1) is 11.3 Å². The molecule has 0 saturated carbocycles. The second-order valence-corrected chi connectivity index (χ2v) is 7.95. The van der Waals surface area contributed by atoms with E-state index in [1.807, 2.05) is 42.6 Å². The van der Waals surface area contributed by atoms with Crippen molar-refractivity contribution in [2.24, 2.45) is 0 Å². The summed E-state index contributed by atoms with van der Waals surface area (Å²) in [6.45, 7) is 3.30. The fourth-order valence-corrected chi connectivity index (χ4v) is 4.18. The van der Waals surface area contributed by atoms with Gasteiger partial charge in [-0.2, -0.15) is 0 Å². The number of amides is 1. The van der Waals surface area contributed by atoms with Crippen molar-refractivity contribution in [2.75, 3.05) is 18.0 Å². The monoisotopic (exact) mass is 394 g/mol. The number of nitrogens with zero attached hydrogens (tertiary/aromatic N) is 2. The number of hydrogen-bond donors (Lipinski definition) is 2. The Morgan fingerprint density at radius 3 is 2.61 bits per heavy atom. The first-order valence-corrected chi connectivity index (χ1v) is 10.2. The van der Waals surface area contributed by atoms with E-state index in [0.717, 1.165) is 31.5 Å². The molecule has 2 aromatic heterocycles. The highest BCUT2D eigenvalue weighted by molar-refractivity contribution is 7.13. The molecule has 1 aromatic carbocycles. The normalized spacial score (nSPS) is 14.8. The number of piperidine rings is 1. The van der Waals surface area contributed by atoms with Crippen LogP contribution in [0.1, 0.15) is 28.9 Å². The van der Waals surface area contributed by atoms with Crippen LogP contribution in [0, 0.1) is 6.92 Å². The lowest BCUT2D eigenvalue weighted by atomic mass is 10.0. The van der Waals surface area contributed by atoms with Crippen LogP contribution in [0.25, 0.3) is 10.4 Å². The minimum absolute atomic E-state index is 0.0433. The van der Waals surface area contributed by atoms with Crippen molar-refractivity contribution in [2.45, 2.75) is 25.8 Å². The summed E-state index contributed by atoms with van der Waals surface area (Å²) in [5.74, 6) is 0.567. The van der Waals surface area contributed by atoms with Gasteiger partial charge in [0.15, 0.2) is 0 Å². The number of aryl methyl sites for hydroxylation is 1. The third-order valence-electron chi connectivity index (χ3n) is 4.94. The van der Waals surface area contributed by atoms with E-state index in [1.165, 1.54) is 10.9 Å². The summed E-state index contributed by atoms with van der Waals surface area (Å²) in [6, 6.07) is 13.4. The van der Waals surface area contributed by atoms with Crippen LogP contribution in [-0.2, 0) is 0 Å². The van der Waals surface area contributed by atoms with Crippen molar-refractivity contribution in [3.05, 3.63) is 69.5 Å². The van der Waals surface area contributed by atoms with Crippen LogP contribution in [0.4, 0.5) is 5.95 Å². The largest absolute Gasteiger partial charge is 0.349 e. The Hall–Kier alpha value is -2.93. The number of aromatic nitrogens is 2. The molecule has 144 valence electrons. The quantitative estimate of drug-likeness (QED) is 0.712. The summed E-state index contributed by atoms with van der Waals surface area (Å²) in [5, 5.41) is 5.17. The Morgan fingerprint density at radius 2 is 1.96 bits per heavy atom. The zero-order valence-electron chi connectivity index (χ0n) is 15.6. The summed E-state index contributed by atoms with van der Waals surface area (Å²) in [4.78, 5) is 34.7. The van der Waals surface area contributed by atoms with E-state index >= 15 is 0 Å². The van der Waals surface area contributed by atoms with Crippen LogP contribution < -0.4 is 15.8 Å². The topological polar surface area (TPSA) is 78.1 Å². The third-order valence-corrected chi connectivity index (χ3v) is 5.86. The van der Waals surface area contributed by atoms with Crippen molar-refractivity contribution in [3.8, 4) is 10.4 Å². The number of anilines is 1. The standard InChI is InChI=1S/C21H22N4O2S/c1-14-13-19(26)24-21(22-14)25-10-8-17(9-11-25)23-20(27)16-6-4-15(5-7-16)18-3-2-12-28-18/h2-7,12-13,17H,8-11H2,1H3,(H,23,27)(H,22,24,26). The average molecular weight is 395 g/mol. The van der Waals surface area contributed by atoms with E-state index in [1.54, 1.807) is 11.3 Å². The van der Waals surface area contributed by atoms with Gasteiger partial charge in [0.2, 0.25) is 5.95 Å². The molecule has 1 fully saturated rings. The fourth-order valence-electron chi connectivity index (χ4n) is 3.45. The Bertz CT molecular complexity index is 1000. The number of rotatable bonds is 4. The number of carbonyl (C=O) groups is 1. The van der Waals surface area contributed by atoms with Crippen molar-refractivity contribution in [1.82, 2.24) is 15.3 Å². The zero-order valence-corrected chi connectivity index (χ0v) is 16.5. The highest BCUT2D eigenvalue weighted by Gasteiger charge is 2.22. The SMILES string of the molecule is Cc1cc(=O)[nH]c(N2CCC(NC(=O)c3ccc(-c4cccs4)cc3)CC2)n1. The predicted molar refractivity (Wildman–Crippen MR) is 112 cm³/mol. The molecule has 0 spiro atoms. The molecule has 0 unspecified atom stereocenters. The molecule has 1 saturated heterocycles. The van der Waals surface area contributed by atoms with Crippen LogP contribution in [-0.4, -0.2) is 35.0 Å². The first-order chi connectivity index (χ1) is 13.6. The van der Waals surface area contributed by atoms with Crippen molar-refractivity contribution >= 4 is 23.2 Å². The van der Waals surface area contributed by atoms with Crippen molar-refractivity contribution in [1.29, 1.82) is 0 Å². The molecule has 6 nitrogen and oxygen atoms in total. The van der Waals surface area contributed by atoms with Gasteiger partial charge in [-0.05, 0) is 48.9 Å². The Morgan fingerprint density at radius 1 is 1.21 bits per heavy atom. The van der Waals surface area contributed by atoms with Crippen LogP contribution in [0.15, 0.2) is 52.6 Å². The molecule has 0 radical (unpaired) electrons. The van der Waals surface area contributed by atoms with Crippen LogP contribution in [0.2, 0.25) is 0 Å². The number of nitrogens with one attached hydrogen (secondary N) is 2. The number of hydrogen-bond acceptors (Lipinski definition) is 5. The van der Waals surface area contributed by atoms with Crippen molar-refractivity contribution in [3.63, 3.8) is 0 Å². The lowest BCUT2D eigenvalue weighted by Crippen LogP contribution is -2.45. The molecular formula is C21H22N4O2S. The Balaban J connectivity index is 1.34. The highest BCUT2D eigenvalue weighted by Crippen LogP contribution is 2.24. The smallest absolute Gasteiger partial charge is 0.252 e. The second-order valence-electron chi connectivity index (χ2n) is 7.00. The van der Waals surface area contributed by atoms with Gasteiger partial charge in [-0.25, -0.2) is 4.98 Å². The van der Waals surface area contributed by atoms with E-state index in [9.17, 15) is 9.59 Å². The molecule has 28 heavy (non-hydrogen) atoms. The molecule has 1 aliphatic heterocycles. The summed E-state index contributed by atoms with van der Waals surface area (Å²) >= 11 is 1.69. The number of aromatic amines is 1. The number of H-pyrrole nitrogens is 1. The fraction of sp³-hybridized carbons (Fsp3) is 0.286. The van der Waals surface area contributed by atoms with E-state index < -0.39 is 0 Å². The molecule has 2 N–H and O–H groups in total. The number of carbonyl (C=O) groups excluding carboxylic acids is 1. The maximum Gasteiger partial charge on any atom is 0.252 e. The number of benzene rings is 1. The molecule has 0 aliphatic carbocycles. The molecule has 1 aliphatic rings. The molecule has 0 atom stereocenters. The van der Waals surface area contributed by atoms with Gasteiger partial charge in [0.1, 0.15) is 0 Å². The van der Waals surface area contributed by atoms with Crippen LogP contribution in [0.3, 0.4) is 0 Å². The summed E-state index contributed by atoms with van der Waals surface area (Å²) < 4.78 is 0. The molecule has 3 aromatic rings. The minimum atomic E-state index is -0.135. The maximum atomic E-state index is 12.6. The molecule has 3 heterocycles. The minimum Gasteiger partial charge on any atom is -0.349 e. The first-order valence-electron chi connectivity index (χ1n) is 9.36. The first kappa shape index (κ1) is 18.4. The summed E-state index contributed by atoms with van der Waals surface area (Å²) in [7, 11) is 0. The van der Waals surface area contributed by atoms with Gasteiger partial charge in [0.25, 0.3) is 11.5 Å². The van der Waals surface area contributed by atoms with Gasteiger partial charge in [0.05, 0.1) is 0 Å². The number of thiophene rings is 1. The van der Waals surface area contributed by atoms with Gasteiger partial charge >= 0.3 is 0 Å². The highest BCUT2D eigenvalue weighted by atomic mass is 32.1. The van der Waals surface area contributed by atoms with Crippen LogP contribution >= 0.6 is 11.3 Å². The average Bonchev–Trinajstić information content (AvgIpc) is 3.23. The van der Waals surface area contributed by atoms with Gasteiger partial charge in [-0.3, -0.25) is 14.6 Å². The summed E-state index contributed by atoms with van der Waals surface area (Å²) in [6.07, 6.45) is 1.63. The van der Waals surface area contributed by atoms with E-state index in [-0.39, 0.29) is 17.5 Å².